The van der Waals surface area contributed by atoms with Crippen LogP contribution < -0.4 is 15.2 Å². The van der Waals surface area contributed by atoms with E-state index < -0.39 is 0 Å². The highest BCUT2D eigenvalue weighted by Gasteiger charge is 2.21. The smallest absolute Gasteiger partial charge is 0.231 e. The van der Waals surface area contributed by atoms with Crippen LogP contribution in [0.4, 0.5) is 0 Å². The Hall–Kier alpha value is -1.20. The van der Waals surface area contributed by atoms with Gasteiger partial charge in [-0.2, -0.15) is 0 Å². The van der Waals surface area contributed by atoms with Crippen LogP contribution in [0.25, 0.3) is 10.9 Å². The van der Waals surface area contributed by atoms with E-state index in [0.29, 0.717) is 6.54 Å². The summed E-state index contributed by atoms with van der Waals surface area (Å²) in [6.45, 7) is 0.775. The maximum atomic E-state index is 5.66. The Kier molecular flexibility index (Phi) is 1.90. The topological polar surface area (TPSA) is 60.3 Å². The Morgan fingerprint density at radius 3 is 3.13 bits per heavy atom. The molecule has 15 heavy (non-hydrogen) atoms. The highest BCUT2D eigenvalue weighted by Crippen LogP contribution is 2.44. The molecule has 0 bridgehead atoms. The van der Waals surface area contributed by atoms with Gasteiger partial charge in [-0.3, -0.25) is 0 Å². The second kappa shape index (κ2) is 3.15. The van der Waals surface area contributed by atoms with E-state index in [0.717, 1.165) is 32.4 Å². The minimum Gasteiger partial charge on any atom is -0.453 e. The van der Waals surface area contributed by atoms with Gasteiger partial charge in [0.2, 0.25) is 6.79 Å². The molecule has 1 aliphatic heterocycles. The molecule has 78 valence electrons. The Balaban J connectivity index is 2.39. The number of nitrogens with two attached hydrogens (primary N) is 1. The number of hydrogen-bond acceptors (Lipinski definition) is 3. The molecule has 2 aromatic rings. The van der Waals surface area contributed by atoms with Crippen LogP contribution in [-0.2, 0) is 6.54 Å². The number of benzene rings is 1. The quantitative estimate of drug-likeness (QED) is 0.833. The van der Waals surface area contributed by atoms with Gasteiger partial charge in [0, 0.05) is 24.2 Å². The van der Waals surface area contributed by atoms with Crippen LogP contribution in [0, 0.1) is 0 Å². The van der Waals surface area contributed by atoms with Gasteiger partial charge in [-0.25, -0.2) is 0 Å². The van der Waals surface area contributed by atoms with Gasteiger partial charge >= 0.3 is 0 Å². The van der Waals surface area contributed by atoms with E-state index in [1.54, 1.807) is 0 Å². The fourth-order valence-electron chi connectivity index (χ4n) is 1.83. The molecule has 1 aromatic carbocycles. The predicted octanol–water partition coefficient (Wildman–Crippen LogP) is 2.12. The van der Waals surface area contributed by atoms with Crippen molar-refractivity contribution in [3.8, 4) is 11.5 Å². The number of H-pyrrole nitrogens is 1. The number of hydrogen-bond donors (Lipinski definition) is 2. The molecule has 0 saturated carbocycles. The van der Waals surface area contributed by atoms with Crippen molar-refractivity contribution in [1.82, 2.24) is 4.98 Å². The number of nitrogens with one attached hydrogen (secondary N) is 1. The first kappa shape index (κ1) is 9.06. The van der Waals surface area contributed by atoms with E-state index in [-0.39, 0.29) is 6.79 Å². The van der Waals surface area contributed by atoms with Crippen molar-refractivity contribution in [3.63, 3.8) is 0 Å². The molecule has 0 aliphatic carbocycles. The van der Waals surface area contributed by atoms with Gasteiger partial charge in [0.25, 0.3) is 0 Å². The molecule has 0 atom stereocenters. The first-order valence-electron chi connectivity index (χ1n) is 4.59. The molecule has 1 aromatic heterocycles. The average Bonchev–Trinajstić information content (AvgIpc) is 2.83. The van der Waals surface area contributed by atoms with E-state index in [4.69, 9.17) is 15.2 Å². The third-order valence-corrected chi connectivity index (χ3v) is 3.30. The minimum atomic E-state index is 0.276. The standard InChI is InChI=1S/C10H9BrN2O2/c11-9-8-5(2-12)3-13-6(8)1-7-10(9)15-4-14-7/h1,3,13H,2,4,12H2. The van der Waals surface area contributed by atoms with Crippen LogP contribution in [0.1, 0.15) is 5.56 Å². The first-order valence-corrected chi connectivity index (χ1v) is 5.38. The molecule has 0 unspecified atom stereocenters. The van der Waals surface area contributed by atoms with Crippen LogP contribution in [0.2, 0.25) is 0 Å². The molecule has 0 spiro atoms. The van der Waals surface area contributed by atoms with E-state index in [2.05, 4.69) is 20.9 Å². The van der Waals surface area contributed by atoms with Gasteiger partial charge < -0.3 is 20.2 Å². The first-order chi connectivity index (χ1) is 7.31. The summed E-state index contributed by atoms with van der Waals surface area (Å²) >= 11 is 3.52. The summed E-state index contributed by atoms with van der Waals surface area (Å²) < 4.78 is 11.6. The lowest BCUT2D eigenvalue weighted by molar-refractivity contribution is 0.173. The zero-order valence-corrected chi connectivity index (χ0v) is 9.43. The van der Waals surface area contributed by atoms with E-state index in [1.807, 2.05) is 12.3 Å². The third kappa shape index (κ3) is 1.16. The maximum absolute atomic E-state index is 5.66. The summed E-state index contributed by atoms with van der Waals surface area (Å²) in [6.07, 6.45) is 1.91. The molecule has 0 amide bonds. The zero-order chi connectivity index (χ0) is 10.4. The monoisotopic (exact) mass is 268 g/mol. The molecular formula is C10H9BrN2O2. The minimum absolute atomic E-state index is 0.276. The Labute approximate surface area is 94.5 Å². The average molecular weight is 269 g/mol. The Morgan fingerprint density at radius 1 is 1.47 bits per heavy atom. The van der Waals surface area contributed by atoms with Crippen LogP contribution in [0.3, 0.4) is 0 Å². The molecular weight excluding hydrogens is 260 g/mol. The highest BCUT2D eigenvalue weighted by molar-refractivity contribution is 9.10. The van der Waals surface area contributed by atoms with Crippen molar-refractivity contribution in [1.29, 1.82) is 0 Å². The highest BCUT2D eigenvalue weighted by atomic mass is 79.9. The fourth-order valence-corrected chi connectivity index (χ4v) is 2.61. The number of ether oxygens (including phenoxy) is 2. The molecule has 0 saturated heterocycles. The van der Waals surface area contributed by atoms with Crippen molar-refractivity contribution in [2.24, 2.45) is 5.73 Å². The van der Waals surface area contributed by atoms with Gasteiger partial charge in [-0.05, 0) is 21.5 Å². The Morgan fingerprint density at radius 2 is 2.33 bits per heavy atom. The SMILES string of the molecule is NCc1c[nH]c2cc3c(c(Br)c12)OCO3. The fraction of sp³-hybridized carbons (Fsp3) is 0.200. The second-order valence-corrected chi connectivity index (χ2v) is 4.16. The molecule has 1 aliphatic rings. The molecule has 3 rings (SSSR count). The second-order valence-electron chi connectivity index (χ2n) is 3.36. The van der Waals surface area contributed by atoms with E-state index >= 15 is 0 Å². The molecule has 3 N–H and O–H groups in total. The number of fused-ring (bicyclic) bond motifs is 2. The van der Waals surface area contributed by atoms with Crippen LogP contribution in [0.15, 0.2) is 16.7 Å². The van der Waals surface area contributed by atoms with Crippen LogP contribution in [-0.4, -0.2) is 11.8 Å². The molecule has 5 heteroatoms. The summed E-state index contributed by atoms with van der Waals surface area (Å²) in [5, 5.41) is 1.07. The van der Waals surface area contributed by atoms with Crippen LogP contribution >= 0.6 is 15.9 Å². The van der Waals surface area contributed by atoms with Crippen molar-refractivity contribution >= 4 is 26.8 Å². The summed E-state index contributed by atoms with van der Waals surface area (Å²) in [7, 11) is 0. The zero-order valence-electron chi connectivity index (χ0n) is 7.84. The lowest BCUT2D eigenvalue weighted by Gasteiger charge is -2.02. The molecule has 0 radical (unpaired) electrons. The number of aromatic amines is 1. The van der Waals surface area contributed by atoms with Gasteiger partial charge in [-0.15, -0.1) is 0 Å². The number of aromatic nitrogens is 1. The molecule has 0 fully saturated rings. The van der Waals surface area contributed by atoms with Gasteiger partial charge in [-0.1, -0.05) is 0 Å². The normalized spacial score (nSPS) is 13.7. The number of halogens is 1. The largest absolute Gasteiger partial charge is 0.453 e. The lowest BCUT2D eigenvalue weighted by Crippen LogP contribution is -1.95. The van der Waals surface area contributed by atoms with E-state index in [1.165, 1.54) is 0 Å². The van der Waals surface area contributed by atoms with Crippen molar-refractivity contribution < 1.29 is 9.47 Å². The molecule has 4 nitrogen and oxygen atoms in total. The summed E-state index contributed by atoms with van der Waals surface area (Å²) in [5.41, 5.74) is 7.73. The van der Waals surface area contributed by atoms with Gasteiger partial charge in [0.15, 0.2) is 11.5 Å². The summed E-state index contributed by atoms with van der Waals surface area (Å²) in [6, 6.07) is 1.93. The lowest BCUT2D eigenvalue weighted by atomic mass is 10.1. The van der Waals surface area contributed by atoms with Gasteiger partial charge in [0.05, 0.1) is 9.99 Å². The Bertz CT molecular complexity index is 536. The maximum Gasteiger partial charge on any atom is 0.231 e. The van der Waals surface area contributed by atoms with Gasteiger partial charge in [0.1, 0.15) is 0 Å². The van der Waals surface area contributed by atoms with E-state index in [9.17, 15) is 0 Å². The van der Waals surface area contributed by atoms with Crippen molar-refractivity contribution in [3.05, 3.63) is 22.3 Å². The van der Waals surface area contributed by atoms with Crippen molar-refractivity contribution in [2.75, 3.05) is 6.79 Å². The number of rotatable bonds is 1. The van der Waals surface area contributed by atoms with Crippen molar-refractivity contribution in [2.45, 2.75) is 6.54 Å². The summed E-state index contributed by atoms with van der Waals surface area (Å²) in [4.78, 5) is 3.16. The predicted molar refractivity (Wildman–Crippen MR) is 60.0 cm³/mol. The third-order valence-electron chi connectivity index (χ3n) is 2.55. The molecule has 2 heterocycles. The van der Waals surface area contributed by atoms with Crippen LogP contribution in [0.5, 0.6) is 11.5 Å². The summed E-state index contributed by atoms with van der Waals surface area (Å²) in [5.74, 6) is 1.52.